The minimum atomic E-state index is -1.29. The second-order valence-electron chi connectivity index (χ2n) is 5.68. The summed E-state index contributed by atoms with van der Waals surface area (Å²) in [6.07, 6.45) is 4.98. The Labute approximate surface area is 154 Å². The smallest absolute Gasteiger partial charge is 0.0883 e. The molecule has 111 valence electrons. The van der Waals surface area contributed by atoms with Crippen molar-refractivity contribution in [2.75, 3.05) is 6.54 Å². The minimum absolute atomic E-state index is 0. The topological polar surface area (TPSA) is 3.24 Å². The second kappa shape index (κ2) is 12.2. The predicted octanol–water partition coefficient (Wildman–Crippen LogP) is 1.42. The van der Waals surface area contributed by atoms with Gasteiger partial charge in [0.05, 0.1) is 8.07 Å². The molecule has 0 bridgehead atoms. The van der Waals surface area contributed by atoms with E-state index in [4.69, 9.17) is 0 Å². The minimum Gasteiger partial charge on any atom is -1.00 e. The van der Waals surface area contributed by atoms with E-state index < -0.39 is 8.07 Å². The van der Waals surface area contributed by atoms with Gasteiger partial charge in [0.2, 0.25) is 0 Å². The normalized spacial score (nSPS) is 9.48. The van der Waals surface area contributed by atoms with Gasteiger partial charge in [0.1, 0.15) is 0 Å². The van der Waals surface area contributed by atoms with Gasteiger partial charge < -0.3 is 21.9 Å². The number of hydrogen-bond acceptors (Lipinski definition) is 1. The molecule has 0 fully saturated rings. The molecule has 0 spiro atoms. The molecule has 0 aliphatic heterocycles. The van der Waals surface area contributed by atoms with Gasteiger partial charge >= 0.3 is 0 Å². The molecule has 1 aromatic rings. The fraction of sp³-hybridized carbons (Fsp3) is 0.353. The van der Waals surface area contributed by atoms with Crippen LogP contribution < -0.4 is 17.0 Å². The van der Waals surface area contributed by atoms with E-state index in [-0.39, 0.29) is 36.5 Å². The molecule has 0 heterocycles. The third-order valence-corrected chi connectivity index (χ3v) is 3.44. The Kier molecular flexibility index (Phi) is 13.3. The van der Waals surface area contributed by atoms with Crippen molar-refractivity contribution in [2.45, 2.75) is 32.6 Å². The van der Waals surface area contributed by atoms with Crippen LogP contribution in [-0.2, 0) is 26.0 Å². The van der Waals surface area contributed by atoms with Crippen LogP contribution in [0, 0.1) is 5.70 Å². The van der Waals surface area contributed by atoms with Crippen LogP contribution in [0.4, 0.5) is 0 Å². The molecule has 0 saturated carbocycles. The Balaban J connectivity index is 0. The molecule has 1 aromatic carbocycles. The van der Waals surface area contributed by atoms with E-state index in [1.807, 2.05) is 18.3 Å². The summed E-state index contributed by atoms with van der Waals surface area (Å²) >= 11 is 0. The summed E-state index contributed by atoms with van der Waals surface area (Å²) < 4.78 is 0. The van der Waals surface area contributed by atoms with Crippen molar-refractivity contribution in [3.8, 4) is 0 Å². The van der Waals surface area contributed by atoms with E-state index >= 15 is 0 Å². The number of nitrogens with zero attached hydrogens (tertiary/aromatic N) is 1. The molecular formula is C17H24BrNSiZn-. The molecule has 0 unspecified atom stereocenters. The van der Waals surface area contributed by atoms with Crippen molar-refractivity contribution in [3.63, 3.8) is 0 Å². The zero-order chi connectivity index (χ0) is 14.1. The van der Waals surface area contributed by atoms with Gasteiger partial charge in [-0.15, -0.1) is 12.3 Å². The molecule has 1 rings (SSSR count). The Morgan fingerprint density at radius 1 is 1.19 bits per heavy atom. The van der Waals surface area contributed by atoms with Gasteiger partial charge in [0.15, 0.2) is 0 Å². The summed E-state index contributed by atoms with van der Waals surface area (Å²) in [5.74, 6) is 0. The van der Waals surface area contributed by atoms with Crippen LogP contribution in [-0.4, -0.2) is 19.5 Å². The molecule has 0 amide bonds. The number of rotatable bonds is 7. The summed E-state index contributed by atoms with van der Waals surface area (Å²) in [4.78, 5) is 2.27. The quantitative estimate of drug-likeness (QED) is 0.370. The first-order valence-electron chi connectivity index (χ1n) is 6.76. The molecule has 0 saturated heterocycles. The van der Waals surface area contributed by atoms with Gasteiger partial charge in [-0.25, -0.2) is 0 Å². The van der Waals surface area contributed by atoms with Crippen molar-refractivity contribution in [1.29, 1.82) is 0 Å². The molecule has 0 atom stereocenters. The van der Waals surface area contributed by atoms with Crippen molar-refractivity contribution < 1.29 is 36.5 Å². The summed E-state index contributed by atoms with van der Waals surface area (Å²) in [6, 6.07) is 10.5. The van der Waals surface area contributed by atoms with Crippen LogP contribution in [0.15, 0.2) is 54.9 Å². The fourth-order valence-corrected chi connectivity index (χ4v) is 2.10. The first kappa shape index (κ1) is 22.9. The maximum absolute atomic E-state index is 3.79. The molecule has 1 radical (unpaired) electrons. The maximum atomic E-state index is 3.79. The van der Waals surface area contributed by atoms with Crippen LogP contribution in [0.1, 0.15) is 12.0 Å². The van der Waals surface area contributed by atoms with Crippen LogP contribution in [0.25, 0.3) is 0 Å². The van der Waals surface area contributed by atoms with Crippen LogP contribution in [0.3, 0.4) is 0 Å². The van der Waals surface area contributed by atoms with Gasteiger partial charge in [-0.2, -0.15) is 0 Å². The standard InChI is InChI=1S/C17H24NSi.BrH.Zn/c1-5-6-13-18(14-10-15-19(2,3)4)16-17-11-8-7-9-12-17;;/h5,7-9,11-12,14H,1,6,13,16H2,2-4H3;1H;/p-1. The molecule has 0 aliphatic rings. The largest absolute Gasteiger partial charge is 1.00 e. The van der Waals surface area contributed by atoms with Gasteiger partial charge in [-0.1, -0.05) is 56.0 Å². The molecule has 4 heteroatoms. The number of hydrogen-bond donors (Lipinski definition) is 0. The van der Waals surface area contributed by atoms with Gasteiger partial charge in [0.25, 0.3) is 0 Å². The van der Waals surface area contributed by atoms with E-state index in [0.717, 1.165) is 19.5 Å². The third kappa shape index (κ3) is 11.9. The molecule has 1 nitrogen and oxygen atoms in total. The average molecular weight is 416 g/mol. The summed E-state index contributed by atoms with van der Waals surface area (Å²) in [5.41, 5.74) is 7.93. The van der Waals surface area contributed by atoms with Crippen molar-refractivity contribution in [2.24, 2.45) is 0 Å². The van der Waals surface area contributed by atoms with E-state index in [1.165, 1.54) is 5.56 Å². The monoisotopic (exact) mass is 413 g/mol. The SMILES string of the molecule is C=CCCN(C=C=[C][Si](C)(C)C)Cc1ccccc1.[Br-].[Zn]. The van der Waals surface area contributed by atoms with Crippen molar-refractivity contribution in [1.82, 2.24) is 4.90 Å². The van der Waals surface area contributed by atoms with E-state index in [2.05, 4.69) is 66.8 Å². The Bertz CT molecular complexity index is 448. The summed E-state index contributed by atoms with van der Waals surface area (Å²) in [6.45, 7) is 12.5. The molecule has 0 aromatic heterocycles. The Morgan fingerprint density at radius 3 is 2.33 bits per heavy atom. The average Bonchev–Trinajstić information content (AvgIpc) is 2.35. The Morgan fingerprint density at radius 2 is 1.81 bits per heavy atom. The number of halogens is 1. The molecule has 21 heavy (non-hydrogen) atoms. The predicted molar refractivity (Wildman–Crippen MR) is 86.3 cm³/mol. The summed E-state index contributed by atoms with van der Waals surface area (Å²) in [7, 11) is -1.29. The van der Waals surface area contributed by atoms with Gasteiger partial charge in [0, 0.05) is 38.8 Å². The van der Waals surface area contributed by atoms with Crippen molar-refractivity contribution >= 4 is 8.07 Å². The second-order valence-corrected chi connectivity index (χ2v) is 10.4. The van der Waals surface area contributed by atoms with Crippen LogP contribution in [0.5, 0.6) is 0 Å². The van der Waals surface area contributed by atoms with Crippen molar-refractivity contribution in [3.05, 3.63) is 66.2 Å². The maximum Gasteiger partial charge on any atom is 0.0883 e. The number of benzene rings is 1. The molecule has 0 N–H and O–H groups in total. The molecular weight excluding hydrogens is 392 g/mol. The first-order valence-corrected chi connectivity index (χ1v) is 10.3. The van der Waals surface area contributed by atoms with Gasteiger partial charge in [-0.3, -0.25) is 0 Å². The van der Waals surface area contributed by atoms with Gasteiger partial charge in [-0.05, 0) is 17.7 Å². The zero-order valence-electron chi connectivity index (χ0n) is 13.4. The van der Waals surface area contributed by atoms with E-state index in [9.17, 15) is 0 Å². The first-order chi connectivity index (χ1) is 9.01. The van der Waals surface area contributed by atoms with E-state index in [1.54, 1.807) is 0 Å². The summed E-state index contributed by atoms with van der Waals surface area (Å²) in [5, 5.41) is 0. The zero-order valence-corrected chi connectivity index (χ0v) is 19.0. The Hall–Kier alpha value is -0.400. The fourth-order valence-electron chi connectivity index (χ4n) is 1.60. The van der Waals surface area contributed by atoms with Crippen LogP contribution in [0.2, 0.25) is 19.6 Å². The van der Waals surface area contributed by atoms with E-state index in [0.29, 0.717) is 0 Å². The third-order valence-electron chi connectivity index (χ3n) is 2.54. The van der Waals surface area contributed by atoms with Crippen LogP contribution >= 0.6 is 0 Å². The molecule has 0 aliphatic carbocycles.